The van der Waals surface area contributed by atoms with Crippen molar-refractivity contribution in [1.29, 1.82) is 0 Å². The van der Waals surface area contributed by atoms with Crippen molar-refractivity contribution in [3.8, 4) is 0 Å². The van der Waals surface area contributed by atoms with Crippen molar-refractivity contribution >= 4 is 17.6 Å². The third kappa shape index (κ3) is 5.38. The Morgan fingerprint density at radius 1 is 1.29 bits per heavy atom. The fourth-order valence-corrected chi connectivity index (χ4v) is 2.95. The van der Waals surface area contributed by atoms with Gasteiger partial charge in [-0.15, -0.1) is 0 Å². The van der Waals surface area contributed by atoms with Gasteiger partial charge >= 0.3 is 11.7 Å². The average molecular weight is 388 g/mol. The molecule has 0 saturated heterocycles. The zero-order valence-corrected chi connectivity index (χ0v) is 16.2. The van der Waals surface area contributed by atoms with Gasteiger partial charge in [0.05, 0.1) is 11.0 Å². The van der Waals surface area contributed by atoms with Crippen molar-refractivity contribution in [3.05, 3.63) is 57.4 Å². The molecule has 0 unspecified atom stereocenters. The first-order chi connectivity index (χ1) is 13.3. The average Bonchev–Trinajstić information content (AvgIpc) is 2.93. The summed E-state index contributed by atoms with van der Waals surface area (Å²) in [5, 5.41) is 17.9. The first kappa shape index (κ1) is 21.1. The second-order valence-corrected chi connectivity index (χ2v) is 6.41. The van der Waals surface area contributed by atoms with Crippen LogP contribution in [0.3, 0.4) is 0 Å². The van der Waals surface area contributed by atoms with E-state index in [4.69, 9.17) is 4.74 Å². The van der Waals surface area contributed by atoms with E-state index in [0.29, 0.717) is 0 Å². The maximum atomic E-state index is 12.2. The first-order valence-corrected chi connectivity index (χ1v) is 9.01. The lowest BCUT2D eigenvalue weighted by molar-refractivity contribution is -0.386. The monoisotopic (exact) mass is 388 g/mol. The quantitative estimate of drug-likeness (QED) is 0.401. The smallest absolute Gasteiger partial charge is 0.328 e. The number of rotatable bonds is 9. The molecule has 1 atom stereocenters. The van der Waals surface area contributed by atoms with Crippen molar-refractivity contribution < 1.29 is 19.2 Å². The van der Waals surface area contributed by atoms with Gasteiger partial charge in [-0.25, -0.2) is 0 Å². The van der Waals surface area contributed by atoms with Gasteiger partial charge in [0, 0.05) is 0 Å². The molecule has 2 aromatic rings. The summed E-state index contributed by atoms with van der Waals surface area (Å²) in [6.45, 7) is 4.30. The molecule has 0 aliphatic heterocycles. The van der Waals surface area contributed by atoms with E-state index < -0.39 is 23.4 Å². The van der Waals surface area contributed by atoms with Gasteiger partial charge in [0.1, 0.15) is 17.9 Å². The Hall–Kier alpha value is -3.23. The molecule has 2 rings (SSSR count). The molecule has 0 fully saturated rings. The van der Waals surface area contributed by atoms with Crippen LogP contribution in [0.25, 0.3) is 0 Å². The zero-order valence-electron chi connectivity index (χ0n) is 16.2. The van der Waals surface area contributed by atoms with E-state index in [-0.39, 0.29) is 29.7 Å². The Labute approximate surface area is 162 Å². The minimum atomic E-state index is -0.692. The van der Waals surface area contributed by atoms with Crippen LogP contribution >= 0.6 is 0 Å². The SMILES string of the molecule is CCC[C@@H](NC(=O)COC(=O)Cn1nc(C)c([N+](=O)[O-])c1C)c1ccccc1. The number of aromatic nitrogens is 2. The minimum absolute atomic E-state index is 0.129. The number of carbonyl (C=O) groups excluding carboxylic acids is 2. The highest BCUT2D eigenvalue weighted by Crippen LogP contribution is 2.21. The lowest BCUT2D eigenvalue weighted by Crippen LogP contribution is -2.33. The summed E-state index contributed by atoms with van der Waals surface area (Å²) >= 11 is 0. The summed E-state index contributed by atoms with van der Waals surface area (Å²) in [5.41, 5.74) is 1.34. The Morgan fingerprint density at radius 2 is 1.96 bits per heavy atom. The predicted molar refractivity (Wildman–Crippen MR) is 102 cm³/mol. The first-order valence-electron chi connectivity index (χ1n) is 9.01. The van der Waals surface area contributed by atoms with Crippen LogP contribution in [-0.4, -0.2) is 33.2 Å². The molecule has 0 bridgehead atoms. The van der Waals surface area contributed by atoms with Crippen molar-refractivity contribution in [2.45, 2.75) is 46.2 Å². The summed E-state index contributed by atoms with van der Waals surface area (Å²) < 4.78 is 6.21. The molecule has 1 amide bonds. The summed E-state index contributed by atoms with van der Waals surface area (Å²) in [6, 6.07) is 9.41. The van der Waals surface area contributed by atoms with Gasteiger partial charge in [0.15, 0.2) is 6.61 Å². The van der Waals surface area contributed by atoms with Crippen LogP contribution in [0, 0.1) is 24.0 Å². The van der Waals surface area contributed by atoms with Gasteiger partial charge in [0.2, 0.25) is 0 Å². The second kappa shape index (κ2) is 9.63. The number of nitrogens with one attached hydrogen (secondary N) is 1. The standard InChI is InChI=1S/C19H24N4O5/c1-4-8-16(15-9-6-5-7-10-15)20-17(24)12-28-18(25)11-22-14(3)19(23(26)27)13(2)21-22/h5-7,9-10,16H,4,8,11-12H2,1-3H3,(H,20,24)/t16-/m1/s1. The number of aryl methyl sites for hydroxylation is 1. The third-order valence-electron chi connectivity index (χ3n) is 4.28. The highest BCUT2D eigenvalue weighted by molar-refractivity contribution is 5.80. The molecule has 1 aromatic carbocycles. The van der Waals surface area contributed by atoms with E-state index in [1.54, 1.807) is 0 Å². The van der Waals surface area contributed by atoms with Gasteiger partial charge in [-0.2, -0.15) is 5.10 Å². The van der Waals surface area contributed by atoms with E-state index >= 15 is 0 Å². The molecule has 9 heteroatoms. The topological polar surface area (TPSA) is 116 Å². The van der Waals surface area contributed by atoms with Gasteiger partial charge in [0.25, 0.3) is 5.91 Å². The maximum Gasteiger partial charge on any atom is 0.328 e. The van der Waals surface area contributed by atoms with Gasteiger partial charge in [-0.1, -0.05) is 43.7 Å². The number of amides is 1. The number of hydrogen-bond acceptors (Lipinski definition) is 6. The summed E-state index contributed by atoms with van der Waals surface area (Å²) in [6.07, 6.45) is 1.65. The third-order valence-corrected chi connectivity index (χ3v) is 4.28. The fraction of sp³-hybridized carbons (Fsp3) is 0.421. The summed E-state index contributed by atoms with van der Waals surface area (Å²) in [5.74, 6) is -1.10. The minimum Gasteiger partial charge on any atom is -0.454 e. The Balaban J connectivity index is 1.91. The van der Waals surface area contributed by atoms with Crippen molar-refractivity contribution in [1.82, 2.24) is 15.1 Å². The summed E-state index contributed by atoms with van der Waals surface area (Å²) in [4.78, 5) is 34.7. The number of nitro groups is 1. The van der Waals surface area contributed by atoms with Gasteiger partial charge in [-0.05, 0) is 25.8 Å². The van der Waals surface area contributed by atoms with E-state index in [1.165, 1.54) is 18.5 Å². The number of benzene rings is 1. The molecule has 0 aliphatic carbocycles. The molecule has 0 spiro atoms. The van der Waals surface area contributed by atoms with E-state index in [9.17, 15) is 19.7 Å². The molecule has 0 saturated carbocycles. The molecular weight excluding hydrogens is 364 g/mol. The van der Waals surface area contributed by atoms with Crippen molar-refractivity contribution in [2.24, 2.45) is 0 Å². The van der Waals surface area contributed by atoms with Crippen LogP contribution in [0.1, 0.15) is 42.8 Å². The number of esters is 1. The Morgan fingerprint density at radius 3 is 2.54 bits per heavy atom. The number of carbonyl (C=O) groups is 2. The Bertz CT molecular complexity index is 848. The van der Waals surface area contributed by atoms with E-state index in [0.717, 1.165) is 18.4 Å². The zero-order chi connectivity index (χ0) is 20.7. The van der Waals surface area contributed by atoms with Crippen LogP contribution in [0.5, 0.6) is 0 Å². The molecule has 9 nitrogen and oxygen atoms in total. The van der Waals surface area contributed by atoms with Crippen LogP contribution in [0.2, 0.25) is 0 Å². The van der Waals surface area contributed by atoms with E-state index in [1.807, 2.05) is 37.3 Å². The number of nitrogens with zero attached hydrogens (tertiary/aromatic N) is 3. The summed E-state index contributed by atoms with van der Waals surface area (Å²) in [7, 11) is 0. The molecule has 1 N–H and O–H groups in total. The van der Waals surface area contributed by atoms with E-state index in [2.05, 4.69) is 10.4 Å². The van der Waals surface area contributed by atoms with Crippen molar-refractivity contribution in [2.75, 3.05) is 6.61 Å². The molecule has 28 heavy (non-hydrogen) atoms. The van der Waals surface area contributed by atoms with Crippen molar-refractivity contribution in [3.63, 3.8) is 0 Å². The lowest BCUT2D eigenvalue weighted by atomic mass is 10.0. The highest BCUT2D eigenvalue weighted by atomic mass is 16.6. The Kier molecular flexibility index (Phi) is 7.25. The largest absolute Gasteiger partial charge is 0.454 e. The van der Waals surface area contributed by atoms with Crippen LogP contribution in [0.4, 0.5) is 5.69 Å². The normalized spacial score (nSPS) is 11.7. The molecule has 1 aromatic heterocycles. The van der Waals surface area contributed by atoms with Gasteiger partial charge < -0.3 is 10.1 Å². The fourth-order valence-electron chi connectivity index (χ4n) is 2.95. The number of ether oxygens (including phenoxy) is 1. The van der Waals surface area contributed by atoms with Crippen LogP contribution in [0.15, 0.2) is 30.3 Å². The van der Waals surface area contributed by atoms with Gasteiger partial charge in [-0.3, -0.25) is 24.4 Å². The molecule has 150 valence electrons. The van der Waals surface area contributed by atoms with Crippen LogP contribution < -0.4 is 5.32 Å². The maximum absolute atomic E-state index is 12.2. The van der Waals surface area contributed by atoms with Crippen LogP contribution in [-0.2, 0) is 20.9 Å². The molecule has 0 aliphatic rings. The second-order valence-electron chi connectivity index (χ2n) is 6.41. The number of hydrogen-bond donors (Lipinski definition) is 1. The lowest BCUT2D eigenvalue weighted by Gasteiger charge is -2.18. The molecule has 1 heterocycles. The molecular formula is C19H24N4O5. The molecule has 0 radical (unpaired) electrons. The predicted octanol–water partition coefficient (Wildman–Crippen LogP) is 2.61. The highest BCUT2D eigenvalue weighted by Gasteiger charge is 2.23.